The van der Waals surface area contributed by atoms with Gasteiger partial charge in [-0.3, -0.25) is 9.59 Å². The van der Waals surface area contributed by atoms with Crippen LogP contribution in [0.5, 0.6) is 5.75 Å². The van der Waals surface area contributed by atoms with Gasteiger partial charge in [0.05, 0.1) is 6.04 Å². The van der Waals surface area contributed by atoms with Gasteiger partial charge in [-0.15, -0.1) is 0 Å². The van der Waals surface area contributed by atoms with Gasteiger partial charge in [0.25, 0.3) is 0 Å². The summed E-state index contributed by atoms with van der Waals surface area (Å²) in [5.74, 6) is -0.505. The van der Waals surface area contributed by atoms with E-state index >= 15 is 0 Å². The Morgan fingerprint density at radius 3 is 2.76 bits per heavy atom. The lowest BCUT2D eigenvalue weighted by atomic mass is 10.0. The molecule has 0 aromatic heterocycles. The van der Waals surface area contributed by atoms with Crippen LogP contribution in [0.3, 0.4) is 0 Å². The highest BCUT2D eigenvalue weighted by Gasteiger charge is 2.46. The summed E-state index contributed by atoms with van der Waals surface area (Å²) >= 11 is 0. The molecule has 8 heteroatoms. The number of carbonyl (C=O) groups is 3. The average Bonchev–Trinajstić information content (AvgIpc) is 2.99. The maximum absolute atomic E-state index is 12.9. The topological polar surface area (TPSA) is 87.7 Å². The van der Waals surface area contributed by atoms with E-state index < -0.39 is 24.0 Å². The number of piperazine rings is 1. The molecule has 3 rings (SSSR count). The Labute approximate surface area is 144 Å². The number of benzene rings is 1. The molecule has 2 fully saturated rings. The van der Waals surface area contributed by atoms with Crippen molar-refractivity contribution in [3.63, 3.8) is 0 Å². The fraction of sp³-hybridized carbons (Fsp3) is 0.471. The number of nitrogens with zero attached hydrogens (tertiary/aromatic N) is 1. The molecule has 2 N–H and O–H groups in total. The van der Waals surface area contributed by atoms with E-state index in [2.05, 4.69) is 10.6 Å². The van der Waals surface area contributed by atoms with E-state index in [-0.39, 0.29) is 30.2 Å². The van der Waals surface area contributed by atoms with E-state index in [9.17, 15) is 18.8 Å². The highest BCUT2D eigenvalue weighted by molar-refractivity contribution is 5.97. The third-order valence-corrected chi connectivity index (χ3v) is 4.42. The van der Waals surface area contributed by atoms with Crippen molar-refractivity contribution in [1.82, 2.24) is 15.5 Å². The summed E-state index contributed by atoms with van der Waals surface area (Å²) in [4.78, 5) is 38.1. The molecule has 0 aliphatic carbocycles. The summed E-state index contributed by atoms with van der Waals surface area (Å²) in [6.07, 6.45) is 1.03. The normalized spacial score (nSPS) is 25.4. The Hall–Kier alpha value is -2.64. The van der Waals surface area contributed by atoms with Gasteiger partial charge in [0, 0.05) is 6.54 Å². The van der Waals surface area contributed by atoms with Crippen molar-refractivity contribution in [2.24, 2.45) is 0 Å². The molecule has 0 radical (unpaired) electrons. The average molecular weight is 349 g/mol. The fourth-order valence-electron chi connectivity index (χ4n) is 3.25. The quantitative estimate of drug-likeness (QED) is 0.855. The molecule has 134 valence electrons. The highest BCUT2D eigenvalue weighted by atomic mass is 19.1. The van der Waals surface area contributed by atoms with Gasteiger partial charge in [0.1, 0.15) is 23.7 Å². The smallest absolute Gasteiger partial charge is 0.410 e. The van der Waals surface area contributed by atoms with Gasteiger partial charge in [-0.05, 0) is 37.1 Å². The number of nitrogens with one attached hydrogen (secondary N) is 2. The van der Waals surface area contributed by atoms with E-state index in [0.29, 0.717) is 12.8 Å². The molecule has 2 aliphatic rings. The third-order valence-electron chi connectivity index (χ3n) is 4.42. The molecule has 3 atom stereocenters. The lowest BCUT2D eigenvalue weighted by Gasteiger charge is -2.34. The second-order valence-corrected chi connectivity index (χ2v) is 6.28. The summed E-state index contributed by atoms with van der Waals surface area (Å²) in [7, 11) is 0. The van der Waals surface area contributed by atoms with Crippen molar-refractivity contribution in [3.05, 3.63) is 30.1 Å². The number of fused-ring (bicyclic) bond motifs is 1. The first kappa shape index (κ1) is 17.2. The molecule has 7 nitrogen and oxygen atoms in total. The number of ether oxygens (including phenoxy) is 1. The second-order valence-electron chi connectivity index (χ2n) is 6.28. The number of hydrogen-bond donors (Lipinski definition) is 2. The SMILES string of the molecule is CCC[C@@H]1NC(=O)[C@@H]2C[C@H](NC(=O)Oc3ccc(F)cc3)CN2C1=O. The van der Waals surface area contributed by atoms with Crippen molar-refractivity contribution in [2.45, 2.75) is 44.3 Å². The van der Waals surface area contributed by atoms with Gasteiger partial charge in [0.15, 0.2) is 0 Å². The van der Waals surface area contributed by atoms with Crippen LogP contribution >= 0.6 is 0 Å². The van der Waals surface area contributed by atoms with Crippen LogP contribution in [0, 0.1) is 5.82 Å². The standard InChI is InChI=1S/C17H20FN3O4/c1-2-3-13-16(23)21-9-11(8-14(21)15(22)20-13)19-17(24)25-12-6-4-10(18)5-7-12/h4-7,11,13-14H,2-3,8-9H2,1H3,(H,19,24)(H,20,22)/t11-,13-,14-/m0/s1. The van der Waals surface area contributed by atoms with E-state index in [1.807, 2.05) is 6.92 Å². The lowest BCUT2D eigenvalue weighted by Crippen LogP contribution is -2.61. The predicted octanol–water partition coefficient (Wildman–Crippen LogP) is 1.18. The van der Waals surface area contributed by atoms with Crippen LogP contribution < -0.4 is 15.4 Å². The molecule has 0 bridgehead atoms. The number of rotatable bonds is 4. The molecule has 2 aliphatic heterocycles. The summed E-state index contributed by atoms with van der Waals surface area (Å²) in [6, 6.07) is 3.66. The Kier molecular flexibility index (Phi) is 4.87. The molecule has 0 spiro atoms. The Morgan fingerprint density at radius 1 is 1.36 bits per heavy atom. The molecule has 0 saturated carbocycles. The van der Waals surface area contributed by atoms with Crippen molar-refractivity contribution < 1.29 is 23.5 Å². The van der Waals surface area contributed by atoms with Crippen LogP contribution in [0.15, 0.2) is 24.3 Å². The second kappa shape index (κ2) is 7.08. The fourth-order valence-corrected chi connectivity index (χ4v) is 3.25. The summed E-state index contributed by atoms with van der Waals surface area (Å²) < 4.78 is 17.9. The minimum atomic E-state index is -0.700. The van der Waals surface area contributed by atoms with Crippen LogP contribution in [0.2, 0.25) is 0 Å². The minimum Gasteiger partial charge on any atom is -0.410 e. The minimum absolute atomic E-state index is 0.109. The van der Waals surface area contributed by atoms with E-state index in [1.54, 1.807) is 0 Å². The van der Waals surface area contributed by atoms with E-state index in [4.69, 9.17) is 4.74 Å². The van der Waals surface area contributed by atoms with Gasteiger partial charge in [-0.25, -0.2) is 9.18 Å². The number of hydrogen-bond acceptors (Lipinski definition) is 4. The molecular formula is C17H20FN3O4. The maximum Gasteiger partial charge on any atom is 0.412 e. The van der Waals surface area contributed by atoms with Crippen molar-refractivity contribution in [1.29, 1.82) is 0 Å². The van der Waals surface area contributed by atoms with Crippen LogP contribution in [-0.4, -0.2) is 47.5 Å². The summed E-state index contributed by atoms with van der Waals surface area (Å²) in [5.41, 5.74) is 0. The molecule has 3 amide bonds. The maximum atomic E-state index is 12.9. The lowest BCUT2D eigenvalue weighted by molar-refractivity contribution is -0.147. The monoisotopic (exact) mass is 349 g/mol. The predicted molar refractivity (Wildman–Crippen MR) is 86.3 cm³/mol. The van der Waals surface area contributed by atoms with Gasteiger partial charge in [-0.2, -0.15) is 0 Å². The Balaban J connectivity index is 1.58. The third kappa shape index (κ3) is 3.72. The van der Waals surface area contributed by atoms with Crippen molar-refractivity contribution in [2.75, 3.05) is 6.54 Å². The number of carbonyl (C=O) groups excluding carboxylic acids is 3. The number of amides is 3. The van der Waals surface area contributed by atoms with Gasteiger partial charge >= 0.3 is 6.09 Å². The summed E-state index contributed by atoms with van der Waals surface area (Å²) in [5, 5.41) is 5.41. The first-order valence-corrected chi connectivity index (χ1v) is 8.32. The first-order valence-electron chi connectivity index (χ1n) is 8.32. The van der Waals surface area contributed by atoms with Crippen LogP contribution in [0.4, 0.5) is 9.18 Å². The Bertz CT molecular complexity index is 679. The van der Waals surface area contributed by atoms with Crippen LogP contribution in [0.1, 0.15) is 26.2 Å². The molecule has 1 aromatic rings. The molecule has 2 saturated heterocycles. The highest BCUT2D eigenvalue weighted by Crippen LogP contribution is 2.24. The molecule has 2 heterocycles. The van der Waals surface area contributed by atoms with Crippen molar-refractivity contribution >= 4 is 17.9 Å². The van der Waals surface area contributed by atoms with Crippen LogP contribution in [-0.2, 0) is 9.59 Å². The molecule has 1 aromatic carbocycles. The zero-order chi connectivity index (χ0) is 18.0. The van der Waals surface area contributed by atoms with Crippen LogP contribution in [0.25, 0.3) is 0 Å². The van der Waals surface area contributed by atoms with Gasteiger partial charge in [0.2, 0.25) is 11.8 Å². The Morgan fingerprint density at radius 2 is 2.08 bits per heavy atom. The zero-order valence-corrected chi connectivity index (χ0v) is 13.8. The molecular weight excluding hydrogens is 329 g/mol. The largest absolute Gasteiger partial charge is 0.412 e. The van der Waals surface area contributed by atoms with E-state index in [1.165, 1.54) is 29.2 Å². The van der Waals surface area contributed by atoms with Gasteiger partial charge < -0.3 is 20.3 Å². The van der Waals surface area contributed by atoms with Crippen molar-refractivity contribution in [3.8, 4) is 5.75 Å². The zero-order valence-electron chi connectivity index (χ0n) is 13.8. The molecule has 0 unspecified atom stereocenters. The molecule has 25 heavy (non-hydrogen) atoms. The van der Waals surface area contributed by atoms with Gasteiger partial charge in [-0.1, -0.05) is 13.3 Å². The summed E-state index contributed by atoms with van der Waals surface area (Å²) in [6.45, 7) is 2.22. The number of halogens is 1. The van der Waals surface area contributed by atoms with E-state index in [0.717, 1.165) is 6.42 Å². The first-order chi connectivity index (χ1) is 12.0.